The molecule has 3 heteroatoms. The summed E-state index contributed by atoms with van der Waals surface area (Å²) >= 11 is 0. The Balaban J connectivity index is 1.52. The molecule has 152 valence electrons. The van der Waals surface area contributed by atoms with Crippen LogP contribution in [0.25, 0.3) is 10.8 Å². The van der Waals surface area contributed by atoms with Crippen molar-refractivity contribution in [2.45, 2.75) is 46.0 Å². The summed E-state index contributed by atoms with van der Waals surface area (Å²) in [6.07, 6.45) is 2.53. The molecule has 0 spiro atoms. The van der Waals surface area contributed by atoms with Gasteiger partial charge in [-0.15, -0.1) is 0 Å². The second-order valence-corrected chi connectivity index (χ2v) is 8.49. The van der Waals surface area contributed by atoms with Crippen LogP contribution in [0.1, 0.15) is 42.9 Å². The van der Waals surface area contributed by atoms with Gasteiger partial charge in [-0.05, 0) is 48.3 Å². The van der Waals surface area contributed by atoms with Crippen LogP contribution in [0.15, 0.2) is 65.7 Å². The molecule has 0 radical (unpaired) electrons. The van der Waals surface area contributed by atoms with Crippen LogP contribution in [0.5, 0.6) is 0 Å². The lowest BCUT2D eigenvalue weighted by Gasteiger charge is -2.15. The van der Waals surface area contributed by atoms with Gasteiger partial charge in [0.25, 0.3) is 0 Å². The Morgan fingerprint density at radius 1 is 1.03 bits per heavy atom. The van der Waals surface area contributed by atoms with Gasteiger partial charge in [0.2, 0.25) is 0 Å². The average molecular weight is 398 g/mol. The molecular formula is C27H27NO2. The summed E-state index contributed by atoms with van der Waals surface area (Å²) < 4.78 is 0. The van der Waals surface area contributed by atoms with Gasteiger partial charge in [-0.1, -0.05) is 67.1 Å². The molecule has 0 fully saturated rings. The van der Waals surface area contributed by atoms with Gasteiger partial charge in [0, 0.05) is 18.2 Å². The van der Waals surface area contributed by atoms with Crippen molar-refractivity contribution >= 4 is 33.7 Å². The van der Waals surface area contributed by atoms with Crippen LogP contribution in [-0.4, -0.2) is 17.3 Å². The molecule has 3 aromatic carbocycles. The number of hydrogen-bond donors (Lipinski definition) is 0. The van der Waals surface area contributed by atoms with E-state index in [9.17, 15) is 9.59 Å². The van der Waals surface area contributed by atoms with E-state index in [1.165, 1.54) is 11.1 Å². The van der Waals surface area contributed by atoms with Gasteiger partial charge < -0.3 is 0 Å². The minimum absolute atomic E-state index is 0.0128. The van der Waals surface area contributed by atoms with Crippen molar-refractivity contribution in [3.63, 3.8) is 0 Å². The summed E-state index contributed by atoms with van der Waals surface area (Å²) in [6, 6.07) is 20.5. The zero-order valence-corrected chi connectivity index (χ0v) is 17.7. The number of ketones is 2. The molecule has 1 aliphatic heterocycles. The lowest BCUT2D eigenvalue weighted by molar-refractivity contribution is -0.119. The molecule has 3 nitrogen and oxygen atoms in total. The van der Waals surface area contributed by atoms with E-state index >= 15 is 0 Å². The SMILES string of the molecule is Cc1cccc(CC(C)CC(=O)CC2=Nc3cccc4cccc(c34)CCC2=O)c1. The molecule has 1 atom stereocenters. The van der Waals surface area contributed by atoms with Gasteiger partial charge in [0.15, 0.2) is 5.78 Å². The Morgan fingerprint density at radius 2 is 1.80 bits per heavy atom. The van der Waals surface area contributed by atoms with Crippen molar-refractivity contribution < 1.29 is 9.59 Å². The smallest absolute Gasteiger partial charge is 0.177 e. The highest BCUT2D eigenvalue weighted by atomic mass is 16.1. The highest BCUT2D eigenvalue weighted by molar-refractivity contribution is 6.43. The molecule has 0 N–H and O–H groups in total. The van der Waals surface area contributed by atoms with Crippen molar-refractivity contribution in [2.75, 3.05) is 0 Å². The number of hydrogen-bond acceptors (Lipinski definition) is 3. The summed E-state index contributed by atoms with van der Waals surface area (Å²) in [6.45, 7) is 4.18. The normalized spacial score (nSPS) is 14.7. The first-order valence-corrected chi connectivity index (χ1v) is 10.7. The van der Waals surface area contributed by atoms with Crippen molar-refractivity contribution in [1.29, 1.82) is 0 Å². The maximum absolute atomic E-state index is 12.8. The van der Waals surface area contributed by atoms with Crippen LogP contribution < -0.4 is 0 Å². The number of aryl methyl sites for hydroxylation is 2. The second-order valence-electron chi connectivity index (χ2n) is 8.49. The molecule has 0 aromatic heterocycles. The minimum Gasteiger partial charge on any atom is -0.299 e. The summed E-state index contributed by atoms with van der Waals surface area (Å²) in [5, 5.41) is 2.23. The van der Waals surface area contributed by atoms with Crippen LogP contribution in [0.4, 0.5) is 5.69 Å². The van der Waals surface area contributed by atoms with E-state index in [1.807, 2.05) is 18.2 Å². The van der Waals surface area contributed by atoms with E-state index in [2.05, 4.69) is 61.3 Å². The lowest BCUT2D eigenvalue weighted by atomic mass is 9.91. The second kappa shape index (κ2) is 8.74. The quantitative estimate of drug-likeness (QED) is 0.515. The fraction of sp³-hybridized carbons (Fsp3) is 0.296. The molecule has 1 heterocycles. The maximum atomic E-state index is 12.8. The first kappa shape index (κ1) is 20.2. The molecule has 4 rings (SSSR count). The average Bonchev–Trinajstić information content (AvgIpc) is 2.70. The fourth-order valence-corrected chi connectivity index (χ4v) is 4.40. The van der Waals surface area contributed by atoms with Crippen LogP contribution in [-0.2, 0) is 22.4 Å². The standard InChI is InChI=1S/C27H27NO2/c1-18-6-3-7-20(14-18)15-19(2)16-23(29)17-25-26(30)13-12-22-9-4-8-21-10-5-11-24(28-25)27(21)22/h3-11,14,19H,12-13,15-17H2,1-2H3. The molecule has 1 aliphatic rings. The van der Waals surface area contributed by atoms with Gasteiger partial charge >= 0.3 is 0 Å². The predicted octanol–water partition coefficient (Wildman–Crippen LogP) is 5.96. The highest BCUT2D eigenvalue weighted by Crippen LogP contribution is 2.32. The van der Waals surface area contributed by atoms with E-state index in [-0.39, 0.29) is 23.9 Å². The molecule has 0 amide bonds. The minimum atomic E-state index is -0.0128. The zero-order chi connectivity index (χ0) is 21.1. The zero-order valence-electron chi connectivity index (χ0n) is 17.7. The van der Waals surface area contributed by atoms with Crippen LogP contribution in [0, 0.1) is 12.8 Å². The molecule has 0 saturated carbocycles. The highest BCUT2D eigenvalue weighted by Gasteiger charge is 2.21. The number of rotatable bonds is 6. The number of carbonyl (C=O) groups is 2. The summed E-state index contributed by atoms with van der Waals surface area (Å²) in [4.78, 5) is 30.2. The monoisotopic (exact) mass is 397 g/mol. The van der Waals surface area contributed by atoms with Gasteiger partial charge in [-0.2, -0.15) is 0 Å². The molecule has 0 aliphatic carbocycles. The van der Waals surface area contributed by atoms with E-state index in [1.54, 1.807) is 0 Å². The van der Waals surface area contributed by atoms with Crippen LogP contribution in [0.3, 0.4) is 0 Å². The molecule has 0 bridgehead atoms. The summed E-state index contributed by atoms with van der Waals surface area (Å²) in [5.41, 5.74) is 4.83. The lowest BCUT2D eigenvalue weighted by Crippen LogP contribution is -2.21. The number of aliphatic imine (C=N–C) groups is 1. The predicted molar refractivity (Wildman–Crippen MR) is 123 cm³/mol. The van der Waals surface area contributed by atoms with E-state index in [0.29, 0.717) is 25.0 Å². The summed E-state index contributed by atoms with van der Waals surface area (Å²) in [7, 11) is 0. The van der Waals surface area contributed by atoms with Crippen molar-refractivity contribution in [1.82, 2.24) is 0 Å². The number of Topliss-reactive ketones (excluding diaryl/α,β-unsaturated/α-hetero) is 2. The third-order valence-electron chi connectivity index (χ3n) is 5.78. The molecule has 3 aromatic rings. The molecule has 30 heavy (non-hydrogen) atoms. The van der Waals surface area contributed by atoms with Gasteiger partial charge in [-0.25, -0.2) is 4.99 Å². The van der Waals surface area contributed by atoms with Gasteiger partial charge in [0.1, 0.15) is 5.78 Å². The number of nitrogens with zero attached hydrogens (tertiary/aromatic N) is 1. The van der Waals surface area contributed by atoms with Crippen LogP contribution >= 0.6 is 0 Å². The van der Waals surface area contributed by atoms with Crippen LogP contribution in [0.2, 0.25) is 0 Å². The Bertz CT molecular complexity index is 1140. The maximum Gasteiger partial charge on any atom is 0.177 e. The largest absolute Gasteiger partial charge is 0.299 e. The number of benzene rings is 3. The first-order chi connectivity index (χ1) is 14.5. The van der Waals surface area contributed by atoms with Gasteiger partial charge in [-0.3, -0.25) is 9.59 Å². The Labute approximate surface area is 177 Å². The summed E-state index contributed by atoms with van der Waals surface area (Å²) in [5.74, 6) is 0.303. The van der Waals surface area contributed by atoms with Crippen molar-refractivity contribution in [3.8, 4) is 0 Å². The number of carbonyl (C=O) groups excluding carboxylic acids is 2. The van der Waals surface area contributed by atoms with Crippen molar-refractivity contribution in [2.24, 2.45) is 10.9 Å². The first-order valence-electron chi connectivity index (χ1n) is 10.7. The Hall–Kier alpha value is -3.07. The fourth-order valence-electron chi connectivity index (χ4n) is 4.40. The Kier molecular flexibility index (Phi) is 5.89. The molecule has 0 saturated heterocycles. The van der Waals surface area contributed by atoms with E-state index in [0.717, 1.165) is 28.4 Å². The van der Waals surface area contributed by atoms with Gasteiger partial charge in [0.05, 0.1) is 17.8 Å². The van der Waals surface area contributed by atoms with Crippen molar-refractivity contribution in [3.05, 3.63) is 77.4 Å². The molecular weight excluding hydrogens is 370 g/mol. The van der Waals surface area contributed by atoms with E-state index < -0.39 is 0 Å². The Morgan fingerprint density at radius 3 is 2.60 bits per heavy atom. The third-order valence-corrected chi connectivity index (χ3v) is 5.78. The van der Waals surface area contributed by atoms with E-state index in [4.69, 9.17) is 0 Å². The molecule has 1 unspecified atom stereocenters. The third kappa shape index (κ3) is 4.56. The topological polar surface area (TPSA) is 46.5 Å².